The van der Waals surface area contributed by atoms with Gasteiger partial charge in [-0.05, 0) is 24.3 Å². The van der Waals surface area contributed by atoms with E-state index in [2.05, 4.69) is 5.32 Å². The zero-order valence-corrected chi connectivity index (χ0v) is 11.9. The summed E-state index contributed by atoms with van der Waals surface area (Å²) in [5.41, 5.74) is 2.05. The predicted molar refractivity (Wildman–Crippen MR) is 79.1 cm³/mol. The Morgan fingerprint density at radius 1 is 1.16 bits per heavy atom. The Morgan fingerprint density at radius 2 is 1.95 bits per heavy atom. The zero-order chi connectivity index (χ0) is 13.7. The van der Waals surface area contributed by atoms with E-state index in [-0.39, 0.29) is 0 Å². The minimum Gasteiger partial charge on any atom is -0.496 e. The van der Waals surface area contributed by atoms with Crippen LogP contribution in [0.3, 0.4) is 0 Å². The van der Waals surface area contributed by atoms with Crippen LogP contribution in [0.4, 0.5) is 5.69 Å². The second-order valence-corrected chi connectivity index (χ2v) is 5.53. The first-order valence-corrected chi connectivity index (χ1v) is 7.56. The van der Waals surface area contributed by atoms with E-state index in [4.69, 9.17) is 4.74 Å². The summed E-state index contributed by atoms with van der Waals surface area (Å²) in [7, 11) is 0.708. The number of hydrogen-bond donors (Lipinski definition) is 1. The molecule has 0 aromatic heterocycles. The monoisotopic (exact) mass is 275 g/mol. The average Bonchev–Trinajstić information content (AvgIpc) is 2.45. The molecular formula is C15H17NO2S. The molecule has 0 bridgehead atoms. The highest BCUT2D eigenvalue weighted by molar-refractivity contribution is 7.84. The lowest BCUT2D eigenvalue weighted by Crippen LogP contribution is -2.02. The summed E-state index contributed by atoms with van der Waals surface area (Å²) in [6, 6.07) is 15.5. The number of para-hydroxylation sites is 1. The highest BCUT2D eigenvalue weighted by Crippen LogP contribution is 2.20. The normalized spacial score (nSPS) is 11.9. The van der Waals surface area contributed by atoms with Crippen molar-refractivity contribution in [2.24, 2.45) is 0 Å². The Balaban J connectivity index is 2.10. The van der Waals surface area contributed by atoms with Gasteiger partial charge in [0.15, 0.2) is 0 Å². The summed E-state index contributed by atoms with van der Waals surface area (Å²) in [6.07, 6.45) is 1.68. The summed E-state index contributed by atoms with van der Waals surface area (Å²) < 4.78 is 16.7. The van der Waals surface area contributed by atoms with Crippen molar-refractivity contribution in [1.29, 1.82) is 0 Å². The number of hydrogen-bond acceptors (Lipinski definition) is 3. The molecule has 2 rings (SSSR count). The zero-order valence-electron chi connectivity index (χ0n) is 11.1. The van der Waals surface area contributed by atoms with Gasteiger partial charge in [-0.25, -0.2) is 0 Å². The van der Waals surface area contributed by atoms with Gasteiger partial charge in [-0.15, -0.1) is 0 Å². The van der Waals surface area contributed by atoms with Gasteiger partial charge in [0.05, 0.1) is 7.11 Å². The Hall–Kier alpha value is -1.81. The molecule has 0 aliphatic heterocycles. The van der Waals surface area contributed by atoms with Gasteiger partial charge in [0.2, 0.25) is 0 Å². The molecule has 0 amide bonds. The van der Waals surface area contributed by atoms with Crippen molar-refractivity contribution in [2.45, 2.75) is 11.4 Å². The molecule has 100 valence electrons. The van der Waals surface area contributed by atoms with Crippen LogP contribution in [0.1, 0.15) is 5.56 Å². The van der Waals surface area contributed by atoms with Gasteiger partial charge >= 0.3 is 0 Å². The summed E-state index contributed by atoms with van der Waals surface area (Å²) in [6.45, 7) is 0.670. The highest BCUT2D eigenvalue weighted by atomic mass is 32.2. The lowest BCUT2D eigenvalue weighted by molar-refractivity contribution is 0.410. The third kappa shape index (κ3) is 3.58. The van der Waals surface area contributed by atoms with Gasteiger partial charge in [-0.1, -0.05) is 24.3 Å². The fourth-order valence-corrected chi connectivity index (χ4v) is 2.39. The summed E-state index contributed by atoms with van der Waals surface area (Å²) in [5.74, 6) is 0.866. The van der Waals surface area contributed by atoms with Crippen molar-refractivity contribution in [2.75, 3.05) is 18.7 Å². The molecule has 0 spiro atoms. The number of benzene rings is 2. The average molecular weight is 275 g/mol. The fourth-order valence-electron chi connectivity index (χ4n) is 1.83. The molecule has 0 heterocycles. The van der Waals surface area contributed by atoms with Crippen molar-refractivity contribution in [3.8, 4) is 5.75 Å². The van der Waals surface area contributed by atoms with Crippen molar-refractivity contribution in [3.63, 3.8) is 0 Å². The van der Waals surface area contributed by atoms with Gasteiger partial charge in [-0.2, -0.15) is 0 Å². The van der Waals surface area contributed by atoms with Crippen LogP contribution in [0.5, 0.6) is 5.75 Å². The predicted octanol–water partition coefficient (Wildman–Crippen LogP) is 3.04. The molecule has 1 atom stereocenters. The van der Waals surface area contributed by atoms with Gasteiger partial charge in [0.25, 0.3) is 0 Å². The molecule has 4 heteroatoms. The maximum Gasteiger partial charge on any atom is 0.123 e. The number of anilines is 1. The van der Waals surface area contributed by atoms with Crippen molar-refractivity contribution >= 4 is 16.5 Å². The molecule has 19 heavy (non-hydrogen) atoms. The first kappa shape index (κ1) is 13.6. The first-order valence-electron chi connectivity index (χ1n) is 6.00. The summed E-state index contributed by atoms with van der Waals surface area (Å²) >= 11 is 0. The van der Waals surface area contributed by atoms with E-state index in [1.54, 1.807) is 13.4 Å². The van der Waals surface area contributed by atoms with Gasteiger partial charge in [-0.3, -0.25) is 4.21 Å². The lowest BCUT2D eigenvalue weighted by atomic mass is 10.2. The lowest BCUT2D eigenvalue weighted by Gasteiger charge is -2.11. The summed E-state index contributed by atoms with van der Waals surface area (Å²) in [4.78, 5) is 0.824. The molecule has 0 saturated carbocycles. The number of rotatable bonds is 5. The Morgan fingerprint density at radius 3 is 2.68 bits per heavy atom. The number of nitrogens with one attached hydrogen (secondary N) is 1. The summed E-state index contributed by atoms with van der Waals surface area (Å²) in [5, 5.41) is 3.32. The van der Waals surface area contributed by atoms with Gasteiger partial charge in [0, 0.05) is 39.7 Å². The Kier molecular flexibility index (Phi) is 4.58. The van der Waals surface area contributed by atoms with Crippen molar-refractivity contribution < 1.29 is 8.95 Å². The van der Waals surface area contributed by atoms with E-state index in [0.717, 1.165) is 21.9 Å². The van der Waals surface area contributed by atoms with E-state index >= 15 is 0 Å². The van der Waals surface area contributed by atoms with Crippen LogP contribution in [-0.2, 0) is 17.3 Å². The number of ether oxygens (including phenoxy) is 1. The van der Waals surface area contributed by atoms with E-state index in [1.807, 2.05) is 48.5 Å². The van der Waals surface area contributed by atoms with E-state index < -0.39 is 10.8 Å². The van der Waals surface area contributed by atoms with Crippen LogP contribution in [0, 0.1) is 0 Å². The second kappa shape index (κ2) is 6.38. The van der Waals surface area contributed by atoms with Crippen molar-refractivity contribution in [1.82, 2.24) is 0 Å². The Labute approximate surface area is 116 Å². The van der Waals surface area contributed by atoms with Crippen LogP contribution in [0.2, 0.25) is 0 Å². The van der Waals surface area contributed by atoms with E-state index in [9.17, 15) is 4.21 Å². The van der Waals surface area contributed by atoms with E-state index in [0.29, 0.717) is 6.54 Å². The van der Waals surface area contributed by atoms with Crippen molar-refractivity contribution in [3.05, 3.63) is 54.1 Å². The number of methoxy groups -OCH3 is 1. The largest absolute Gasteiger partial charge is 0.496 e. The van der Waals surface area contributed by atoms with Crippen LogP contribution >= 0.6 is 0 Å². The molecule has 0 radical (unpaired) electrons. The topological polar surface area (TPSA) is 38.3 Å². The molecule has 0 saturated heterocycles. The maximum absolute atomic E-state index is 11.4. The molecule has 1 N–H and O–H groups in total. The minimum absolute atomic E-state index is 0.670. The molecule has 2 aromatic carbocycles. The molecule has 0 fully saturated rings. The highest BCUT2D eigenvalue weighted by Gasteiger charge is 2.02. The standard InChI is InChI=1S/C15H17NO2S/c1-18-15-9-4-3-6-12(15)11-16-13-7-5-8-14(10-13)19(2)17/h3-10,16H,11H2,1-2H3. The molecule has 3 nitrogen and oxygen atoms in total. The van der Waals surface area contributed by atoms with Gasteiger partial charge in [0.1, 0.15) is 5.75 Å². The molecule has 0 aliphatic carbocycles. The molecule has 0 aliphatic rings. The second-order valence-electron chi connectivity index (χ2n) is 4.15. The SMILES string of the molecule is COc1ccccc1CNc1cccc(S(C)=O)c1. The van der Waals surface area contributed by atoms with Crippen LogP contribution in [0.25, 0.3) is 0 Å². The maximum atomic E-state index is 11.4. The minimum atomic E-state index is -0.958. The smallest absolute Gasteiger partial charge is 0.123 e. The molecule has 1 unspecified atom stereocenters. The van der Waals surface area contributed by atoms with Crippen LogP contribution in [0.15, 0.2) is 53.4 Å². The molecular weight excluding hydrogens is 258 g/mol. The first-order chi connectivity index (χ1) is 9.20. The quantitative estimate of drug-likeness (QED) is 0.911. The molecule has 2 aromatic rings. The van der Waals surface area contributed by atoms with Crippen LogP contribution in [-0.4, -0.2) is 17.6 Å². The van der Waals surface area contributed by atoms with Gasteiger partial charge < -0.3 is 10.1 Å². The third-order valence-electron chi connectivity index (χ3n) is 2.84. The third-order valence-corrected chi connectivity index (χ3v) is 3.76. The van der Waals surface area contributed by atoms with E-state index in [1.165, 1.54) is 0 Å². The fraction of sp³-hybridized carbons (Fsp3) is 0.200. The Bertz CT molecular complexity index is 584. The van der Waals surface area contributed by atoms with Crippen LogP contribution < -0.4 is 10.1 Å².